The van der Waals surface area contributed by atoms with Gasteiger partial charge in [0, 0.05) is 22.1 Å². The number of nitrogens with zero attached hydrogens (tertiary/aromatic N) is 2. The molecule has 17 heavy (non-hydrogen) atoms. The third kappa shape index (κ3) is 1.89. The largest absolute Gasteiger partial charge is 0.265 e. The molecule has 0 saturated heterocycles. The van der Waals surface area contributed by atoms with Crippen molar-refractivity contribution in [3.05, 3.63) is 45.9 Å². The second-order valence-corrected chi connectivity index (χ2v) is 5.33. The van der Waals surface area contributed by atoms with Crippen LogP contribution in [0, 0.1) is 4.91 Å². The van der Waals surface area contributed by atoms with Gasteiger partial charge in [0.2, 0.25) is 0 Å². The molecule has 0 N–H and O–H groups in total. The minimum atomic E-state index is -0.126. The molecule has 86 valence electrons. The van der Waals surface area contributed by atoms with E-state index in [0.29, 0.717) is 0 Å². The first-order valence-corrected chi connectivity index (χ1v) is 6.55. The number of pyridine rings is 1. The van der Waals surface area contributed by atoms with E-state index in [1.165, 1.54) is 16.0 Å². The topological polar surface area (TPSA) is 42.3 Å². The smallest absolute Gasteiger partial charge is 0.126 e. The van der Waals surface area contributed by atoms with Crippen molar-refractivity contribution in [3.63, 3.8) is 0 Å². The number of hydrogen-bond donors (Lipinski definition) is 0. The van der Waals surface area contributed by atoms with Gasteiger partial charge in [-0.05, 0) is 48.6 Å². The molecule has 0 aliphatic heterocycles. The maximum atomic E-state index is 10.8. The van der Waals surface area contributed by atoms with E-state index in [2.05, 4.69) is 16.2 Å². The van der Waals surface area contributed by atoms with Crippen molar-refractivity contribution in [2.45, 2.75) is 25.3 Å². The Morgan fingerprint density at radius 1 is 1.35 bits per heavy atom. The van der Waals surface area contributed by atoms with Crippen LogP contribution in [0.15, 0.2) is 35.8 Å². The first-order valence-electron chi connectivity index (χ1n) is 5.74. The molecule has 0 fully saturated rings. The van der Waals surface area contributed by atoms with E-state index in [1.807, 2.05) is 12.1 Å². The molecule has 0 aromatic carbocycles. The fourth-order valence-electron chi connectivity index (χ4n) is 2.30. The van der Waals surface area contributed by atoms with Crippen LogP contribution in [0.25, 0.3) is 10.4 Å². The zero-order valence-corrected chi connectivity index (χ0v) is 10.1. The van der Waals surface area contributed by atoms with Gasteiger partial charge in [-0.25, -0.2) is 0 Å². The third-order valence-electron chi connectivity index (χ3n) is 3.16. The summed E-state index contributed by atoms with van der Waals surface area (Å²) in [5.74, 6) is 0. The van der Waals surface area contributed by atoms with Gasteiger partial charge in [0.25, 0.3) is 0 Å². The van der Waals surface area contributed by atoms with Gasteiger partial charge < -0.3 is 0 Å². The number of fused-ring (bicyclic) bond motifs is 1. The Kier molecular flexibility index (Phi) is 2.73. The van der Waals surface area contributed by atoms with Crippen molar-refractivity contribution in [1.29, 1.82) is 0 Å². The zero-order valence-electron chi connectivity index (χ0n) is 9.30. The van der Waals surface area contributed by atoms with Crippen LogP contribution in [-0.4, -0.2) is 4.98 Å². The summed E-state index contributed by atoms with van der Waals surface area (Å²) >= 11 is 1.70. The van der Waals surface area contributed by atoms with Gasteiger partial charge in [0.1, 0.15) is 6.04 Å². The van der Waals surface area contributed by atoms with E-state index in [9.17, 15) is 4.91 Å². The van der Waals surface area contributed by atoms with E-state index < -0.39 is 0 Å². The lowest BCUT2D eigenvalue weighted by Crippen LogP contribution is -2.03. The average molecular weight is 244 g/mol. The Labute approximate surface area is 103 Å². The van der Waals surface area contributed by atoms with E-state index in [0.717, 1.165) is 24.1 Å². The summed E-state index contributed by atoms with van der Waals surface area (Å²) in [6.45, 7) is 0. The molecular weight excluding hydrogens is 232 g/mol. The normalized spacial score (nSPS) is 18.7. The highest BCUT2D eigenvalue weighted by atomic mass is 32.1. The van der Waals surface area contributed by atoms with Gasteiger partial charge in [0.05, 0.1) is 0 Å². The molecule has 4 heteroatoms. The molecule has 1 aliphatic carbocycles. The molecule has 0 bridgehead atoms. The molecule has 3 rings (SSSR count). The standard InChI is InChI=1S/C13H12N2OS/c16-15-11-3-1-2-10-8-12(17-13(10)11)9-4-6-14-7-5-9/h4-8,11H,1-3H2. The predicted molar refractivity (Wildman–Crippen MR) is 69.0 cm³/mol. The van der Waals surface area contributed by atoms with Gasteiger partial charge in [-0.3, -0.25) is 4.98 Å². The third-order valence-corrected chi connectivity index (χ3v) is 4.49. The van der Waals surface area contributed by atoms with E-state index in [1.54, 1.807) is 23.7 Å². The first kappa shape index (κ1) is 10.6. The zero-order chi connectivity index (χ0) is 11.7. The van der Waals surface area contributed by atoms with Gasteiger partial charge in [-0.2, -0.15) is 4.91 Å². The van der Waals surface area contributed by atoms with Crippen LogP contribution in [0.4, 0.5) is 0 Å². The molecule has 3 nitrogen and oxygen atoms in total. The van der Waals surface area contributed by atoms with Crippen molar-refractivity contribution in [2.75, 3.05) is 0 Å². The minimum Gasteiger partial charge on any atom is -0.265 e. The van der Waals surface area contributed by atoms with Gasteiger partial charge in [-0.15, -0.1) is 11.3 Å². The highest BCUT2D eigenvalue weighted by Crippen LogP contribution is 2.41. The molecule has 1 unspecified atom stereocenters. The molecule has 1 atom stereocenters. The Bertz CT molecular complexity index is 536. The number of rotatable bonds is 2. The minimum absolute atomic E-state index is 0.126. The quantitative estimate of drug-likeness (QED) is 0.750. The van der Waals surface area contributed by atoms with Gasteiger partial charge >= 0.3 is 0 Å². The molecule has 2 aromatic rings. The number of hydrogen-bond acceptors (Lipinski definition) is 4. The monoisotopic (exact) mass is 244 g/mol. The maximum Gasteiger partial charge on any atom is 0.126 e. The predicted octanol–water partition coefficient (Wildman–Crippen LogP) is 3.95. The van der Waals surface area contributed by atoms with Crippen LogP contribution in [-0.2, 0) is 6.42 Å². The fourth-order valence-corrected chi connectivity index (χ4v) is 3.58. The molecule has 0 spiro atoms. The summed E-state index contributed by atoms with van der Waals surface area (Å²) in [6.07, 6.45) is 6.62. The SMILES string of the molecule is O=NC1CCCc2cc(-c3ccncc3)sc21. The summed E-state index contributed by atoms with van der Waals surface area (Å²) in [6, 6.07) is 6.08. The van der Waals surface area contributed by atoms with Crippen molar-refractivity contribution in [1.82, 2.24) is 4.98 Å². The van der Waals surface area contributed by atoms with E-state index in [-0.39, 0.29) is 6.04 Å². The lowest BCUT2D eigenvalue weighted by Gasteiger charge is -2.14. The van der Waals surface area contributed by atoms with Crippen molar-refractivity contribution in [3.8, 4) is 10.4 Å². The Morgan fingerprint density at radius 3 is 2.94 bits per heavy atom. The molecule has 0 radical (unpaired) electrons. The summed E-state index contributed by atoms with van der Waals surface area (Å²) < 4.78 is 0. The second-order valence-electron chi connectivity index (χ2n) is 4.25. The number of aryl methyl sites for hydroxylation is 1. The van der Waals surface area contributed by atoms with Gasteiger partial charge in [-0.1, -0.05) is 5.18 Å². The van der Waals surface area contributed by atoms with E-state index >= 15 is 0 Å². The van der Waals surface area contributed by atoms with Crippen molar-refractivity contribution < 1.29 is 0 Å². The van der Waals surface area contributed by atoms with Crippen LogP contribution in [0.2, 0.25) is 0 Å². The highest BCUT2D eigenvalue weighted by Gasteiger charge is 2.24. The molecule has 2 heterocycles. The summed E-state index contributed by atoms with van der Waals surface area (Å²) in [4.78, 5) is 17.2. The average Bonchev–Trinajstić information content (AvgIpc) is 2.83. The lowest BCUT2D eigenvalue weighted by atomic mass is 9.95. The van der Waals surface area contributed by atoms with Crippen molar-refractivity contribution in [2.24, 2.45) is 5.18 Å². The van der Waals surface area contributed by atoms with Crippen molar-refractivity contribution >= 4 is 11.3 Å². The van der Waals surface area contributed by atoms with Crippen LogP contribution in [0.3, 0.4) is 0 Å². The van der Waals surface area contributed by atoms with Gasteiger partial charge in [0.15, 0.2) is 0 Å². The van der Waals surface area contributed by atoms with Crippen LogP contribution in [0.1, 0.15) is 29.3 Å². The second kappa shape index (κ2) is 4.37. The highest BCUT2D eigenvalue weighted by molar-refractivity contribution is 7.15. The van der Waals surface area contributed by atoms with Crippen LogP contribution >= 0.6 is 11.3 Å². The Hall–Kier alpha value is -1.55. The molecule has 0 saturated carbocycles. The van der Waals surface area contributed by atoms with Crippen LogP contribution < -0.4 is 0 Å². The molecule has 2 aromatic heterocycles. The molecular formula is C13H12N2OS. The Morgan fingerprint density at radius 2 is 2.18 bits per heavy atom. The number of thiophene rings is 1. The maximum absolute atomic E-state index is 10.8. The van der Waals surface area contributed by atoms with Crippen LogP contribution in [0.5, 0.6) is 0 Å². The number of nitroso groups, excluding NO2 is 1. The van der Waals surface area contributed by atoms with E-state index in [4.69, 9.17) is 0 Å². The molecule has 1 aliphatic rings. The Balaban J connectivity index is 2.04. The first-order chi connectivity index (χ1) is 8.38. The summed E-state index contributed by atoms with van der Waals surface area (Å²) in [5.41, 5.74) is 2.47. The molecule has 0 amide bonds. The fraction of sp³-hybridized carbons (Fsp3) is 0.308. The summed E-state index contributed by atoms with van der Waals surface area (Å²) in [7, 11) is 0. The summed E-state index contributed by atoms with van der Waals surface area (Å²) in [5, 5.41) is 3.24. The lowest BCUT2D eigenvalue weighted by molar-refractivity contribution is 0.580. The number of aromatic nitrogens is 1.